The van der Waals surface area contributed by atoms with Crippen LogP contribution in [-0.4, -0.2) is 16.1 Å². The van der Waals surface area contributed by atoms with Crippen molar-refractivity contribution < 1.29 is 14.3 Å². The summed E-state index contributed by atoms with van der Waals surface area (Å²) in [5.41, 5.74) is 0.821. The fourth-order valence-corrected chi connectivity index (χ4v) is 2.72. The first-order valence-electron chi connectivity index (χ1n) is 5.28. The minimum atomic E-state index is -1.11. The molecule has 2 aromatic heterocycles. The van der Waals surface area contributed by atoms with Crippen LogP contribution >= 0.6 is 22.9 Å². The predicted molar refractivity (Wildman–Crippen MR) is 73.6 cm³/mol. The SMILES string of the molecule is O=C(O)c1ccc(Nc2nc3ccc(Cl)cc3s2)o1. The van der Waals surface area contributed by atoms with Crippen molar-refractivity contribution in [3.8, 4) is 0 Å². The second-order valence-electron chi connectivity index (χ2n) is 3.73. The number of anilines is 2. The van der Waals surface area contributed by atoms with Crippen molar-refractivity contribution in [1.82, 2.24) is 4.98 Å². The summed E-state index contributed by atoms with van der Waals surface area (Å²) < 4.78 is 6.04. The maximum atomic E-state index is 10.7. The zero-order chi connectivity index (χ0) is 13.4. The van der Waals surface area contributed by atoms with E-state index < -0.39 is 5.97 Å². The molecule has 0 aliphatic heterocycles. The summed E-state index contributed by atoms with van der Waals surface area (Å²) in [6.45, 7) is 0. The Bertz CT molecular complexity index is 765. The zero-order valence-electron chi connectivity index (χ0n) is 9.38. The average molecular weight is 295 g/mol. The first kappa shape index (κ1) is 12.0. The van der Waals surface area contributed by atoms with E-state index in [1.165, 1.54) is 17.4 Å². The molecule has 7 heteroatoms. The summed E-state index contributed by atoms with van der Waals surface area (Å²) in [5, 5.41) is 12.9. The van der Waals surface area contributed by atoms with Crippen molar-refractivity contribution in [3.05, 3.63) is 41.1 Å². The van der Waals surface area contributed by atoms with Gasteiger partial charge in [-0.15, -0.1) is 0 Å². The molecule has 3 aromatic rings. The number of aromatic carboxylic acids is 1. The molecule has 0 spiro atoms. The summed E-state index contributed by atoms with van der Waals surface area (Å²) in [5.74, 6) is -0.890. The first-order valence-corrected chi connectivity index (χ1v) is 6.47. The number of furan rings is 1. The van der Waals surface area contributed by atoms with Crippen LogP contribution in [0.1, 0.15) is 10.6 Å². The Hall–Kier alpha value is -2.05. The summed E-state index contributed by atoms with van der Waals surface area (Å²) in [4.78, 5) is 15.0. The molecule has 0 saturated carbocycles. The van der Waals surface area contributed by atoms with Gasteiger partial charge in [-0.25, -0.2) is 9.78 Å². The van der Waals surface area contributed by atoms with Gasteiger partial charge >= 0.3 is 5.97 Å². The molecule has 2 N–H and O–H groups in total. The minimum absolute atomic E-state index is 0.119. The van der Waals surface area contributed by atoms with Crippen molar-refractivity contribution in [1.29, 1.82) is 0 Å². The Balaban J connectivity index is 1.89. The summed E-state index contributed by atoms with van der Waals surface area (Å²) >= 11 is 7.31. The molecule has 1 aromatic carbocycles. The molecule has 0 aliphatic rings. The molecular weight excluding hydrogens is 288 g/mol. The van der Waals surface area contributed by atoms with Crippen LogP contribution < -0.4 is 5.32 Å². The molecule has 0 amide bonds. The lowest BCUT2D eigenvalue weighted by molar-refractivity contribution is 0.0663. The Morgan fingerprint density at radius 2 is 2.21 bits per heavy atom. The number of carboxylic acids is 1. The van der Waals surface area contributed by atoms with Gasteiger partial charge in [-0.1, -0.05) is 22.9 Å². The quantitative estimate of drug-likeness (QED) is 0.764. The van der Waals surface area contributed by atoms with Crippen molar-refractivity contribution in [2.75, 3.05) is 5.32 Å². The van der Waals surface area contributed by atoms with Crippen LogP contribution in [0.25, 0.3) is 10.2 Å². The molecule has 96 valence electrons. The number of rotatable bonds is 3. The standard InChI is InChI=1S/C12H7ClN2O3S/c13-6-1-2-7-9(5-6)19-12(14-7)15-10-4-3-8(18-10)11(16)17/h1-5H,(H,14,15)(H,16,17). The van der Waals surface area contributed by atoms with Gasteiger partial charge in [0.05, 0.1) is 10.2 Å². The van der Waals surface area contributed by atoms with Crippen LogP contribution in [0.4, 0.5) is 11.0 Å². The average Bonchev–Trinajstić information content (AvgIpc) is 2.95. The van der Waals surface area contributed by atoms with Gasteiger partial charge in [-0.3, -0.25) is 0 Å². The van der Waals surface area contributed by atoms with E-state index in [2.05, 4.69) is 10.3 Å². The highest BCUT2D eigenvalue weighted by Crippen LogP contribution is 2.30. The van der Waals surface area contributed by atoms with Gasteiger partial charge in [0.15, 0.2) is 11.0 Å². The topological polar surface area (TPSA) is 75.4 Å². The zero-order valence-corrected chi connectivity index (χ0v) is 11.0. The Labute approximate surface area is 116 Å². The number of carboxylic acid groups (broad SMARTS) is 1. The number of nitrogens with one attached hydrogen (secondary N) is 1. The molecule has 5 nitrogen and oxygen atoms in total. The van der Waals surface area contributed by atoms with Gasteiger partial charge in [0, 0.05) is 11.1 Å². The highest BCUT2D eigenvalue weighted by Gasteiger charge is 2.10. The monoisotopic (exact) mass is 294 g/mol. The van der Waals surface area contributed by atoms with Crippen LogP contribution in [0.5, 0.6) is 0 Å². The Kier molecular flexibility index (Phi) is 2.88. The summed E-state index contributed by atoms with van der Waals surface area (Å²) in [7, 11) is 0. The molecule has 0 fully saturated rings. The number of fused-ring (bicyclic) bond motifs is 1. The Morgan fingerprint density at radius 3 is 2.95 bits per heavy atom. The van der Waals surface area contributed by atoms with Crippen LogP contribution in [0, 0.1) is 0 Å². The number of hydrogen-bond acceptors (Lipinski definition) is 5. The predicted octanol–water partition coefficient (Wildman–Crippen LogP) is 3.98. The number of halogens is 1. The van der Waals surface area contributed by atoms with Crippen molar-refractivity contribution in [3.63, 3.8) is 0 Å². The largest absolute Gasteiger partial charge is 0.475 e. The molecule has 19 heavy (non-hydrogen) atoms. The highest BCUT2D eigenvalue weighted by atomic mass is 35.5. The number of nitrogens with zero attached hydrogens (tertiary/aromatic N) is 1. The lowest BCUT2D eigenvalue weighted by Crippen LogP contribution is -1.92. The van der Waals surface area contributed by atoms with Crippen molar-refractivity contribution in [2.45, 2.75) is 0 Å². The fraction of sp³-hybridized carbons (Fsp3) is 0. The van der Waals surface area contributed by atoms with Gasteiger partial charge in [-0.05, 0) is 24.3 Å². The molecule has 0 aliphatic carbocycles. The van der Waals surface area contributed by atoms with E-state index in [0.29, 0.717) is 16.0 Å². The second kappa shape index (κ2) is 4.56. The second-order valence-corrected chi connectivity index (χ2v) is 5.19. The van der Waals surface area contributed by atoms with Gasteiger partial charge in [0.2, 0.25) is 5.76 Å². The summed E-state index contributed by atoms with van der Waals surface area (Å²) in [6.07, 6.45) is 0. The van der Waals surface area contributed by atoms with E-state index in [0.717, 1.165) is 10.2 Å². The van der Waals surface area contributed by atoms with Crippen LogP contribution in [0.3, 0.4) is 0 Å². The number of hydrogen-bond donors (Lipinski definition) is 2. The molecule has 0 atom stereocenters. The molecule has 0 saturated heterocycles. The van der Waals surface area contributed by atoms with E-state index >= 15 is 0 Å². The first-order chi connectivity index (χ1) is 9.11. The lowest BCUT2D eigenvalue weighted by Gasteiger charge is -1.95. The highest BCUT2D eigenvalue weighted by molar-refractivity contribution is 7.22. The van der Waals surface area contributed by atoms with E-state index in [4.69, 9.17) is 21.1 Å². The maximum absolute atomic E-state index is 10.7. The van der Waals surface area contributed by atoms with E-state index in [9.17, 15) is 4.79 Å². The molecule has 0 radical (unpaired) electrons. The van der Waals surface area contributed by atoms with Crippen molar-refractivity contribution >= 4 is 50.1 Å². The van der Waals surface area contributed by atoms with E-state index in [1.54, 1.807) is 12.1 Å². The summed E-state index contributed by atoms with van der Waals surface area (Å²) in [6, 6.07) is 8.34. The molecule has 0 unspecified atom stereocenters. The molecule has 2 heterocycles. The number of aromatic nitrogens is 1. The van der Waals surface area contributed by atoms with Crippen LogP contribution in [-0.2, 0) is 0 Å². The maximum Gasteiger partial charge on any atom is 0.371 e. The van der Waals surface area contributed by atoms with Gasteiger partial charge in [0.25, 0.3) is 0 Å². The van der Waals surface area contributed by atoms with E-state index in [1.807, 2.05) is 12.1 Å². The Morgan fingerprint density at radius 1 is 1.37 bits per heavy atom. The molecular formula is C12H7ClN2O3S. The number of carbonyl (C=O) groups is 1. The molecule has 3 rings (SSSR count). The minimum Gasteiger partial charge on any atom is -0.475 e. The number of thiazole rings is 1. The fourth-order valence-electron chi connectivity index (χ4n) is 1.58. The lowest BCUT2D eigenvalue weighted by atomic mass is 10.3. The van der Waals surface area contributed by atoms with Gasteiger partial charge in [0.1, 0.15) is 0 Å². The van der Waals surface area contributed by atoms with Crippen LogP contribution in [0.15, 0.2) is 34.7 Å². The van der Waals surface area contributed by atoms with Gasteiger partial charge < -0.3 is 14.8 Å². The number of benzene rings is 1. The van der Waals surface area contributed by atoms with E-state index in [-0.39, 0.29) is 5.76 Å². The third-order valence-corrected chi connectivity index (χ3v) is 3.57. The van der Waals surface area contributed by atoms with Crippen LogP contribution in [0.2, 0.25) is 5.02 Å². The van der Waals surface area contributed by atoms with Crippen molar-refractivity contribution in [2.24, 2.45) is 0 Å². The van der Waals surface area contributed by atoms with Gasteiger partial charge in [-0.2, -0.15) is 0 Å². The third-order valence-electron chi connectivity index (χ3n) is 2.40. The third kappa shape index (κ3) is 2.40. The normalized spacial score (nSPS) is 10.8. The smallest absolute Gasteiger partial charge is 0.371 e. The molecule has 0 bridgehead atoms.